The van der Waals surface area contributed by atoms with Crippen molar-refractivity contribution in [3.8, 4) is 17.4 Å². The number of pyridine rings is 1. The fourth-order valence-corrected chi connectivity index (χ4v) is 2.13. The molecule has 1 aromatic heterocycles. The van der Waals surface area contributed by atoms with E-state index in [9.17, 15) is 13.5 Å². The van der Waals surface area contributed by atoms with E-state index in [1.807, 2.05) is 0 Å². The second-order valence-electron chi connectivity index (χ2n) is 3.68. The summed E-state index contributed by atoms with van der Waals surface area (Å²) in [6.07, 6.45) is 2.52. The Morgan fingerprint density at radius 1 is 1.22 bits per heavy atom. The first kappa shape index (κ1) is 12.4. The fraction of sp³-hybridized carbons (Fsp3) is 0.0833. The molecular formula is C12H11NO4S. The minimum atomic E-state index is -3.41. The third-order valence-corrected chi connectivity index (χ3v) is 3.28. The van der Waals surface area contributed by atoms with Crippen LogP contribution in [-0.4, -0.2) is 24.8 Å². The second kappa shape index (κ2) is 4.66. The number of phenolic OH excluding ortho intramolecular Hbond substituents is 1. The predicted octanol–water partition coefficient (Wildman–Crippen LogP) is 1.98. The van der Waals surface area contributed by atoms with Gasteiger partial charge in [-0.25, -0.2) is 13.4 Å². The summed E-state index contributed by atoms with van der Waals surface area (Å²) in [5.41, 5.74) is 0. The van der Waals surface area contributed by atoms with E-state index in [0.29, 0.717) is 5.75 Å². The van der Waals surface area contributed by atoms with Crippen molar-refractivity contribution in [1.82, 2.24) is 4.98 Å². The Balaban J connectivity index is 2.41. The van der Waals surface area contributed by atoms with Crippen molar-refractivity contribution >= 4 is 9.84 Å². The molecule has 18 heavy (non-hydrogen) atoms. The lowest BCUT2D eigenvalue weighted by Gasteiger charge is -2.08. The van der Waals surface area contributed by atoms with Gasteiger partial charge in [-0.3, -0.25) is 0 Å². The summed E-state index contributed by atoms with van der Waals surface area (Å²) in [5.74, 6) is 0.341. The average Bonchev–Trinajstić information content (AvgIpc) is 2.28. The number of phenols is 1. The molecular weight excluding hydrogens is 254 g/mol. The molecule has 0 atom stereocenters. The molecule has 0 bridgehead atoms. The quantitative estimate of drug-likeness (QED) is 0.918. The molecule has 5 nitrogen and oxygen atoms in total. The molecule has 0 aliphatic rings. The van der Waals surface area contributed by atoms with E-state index in [4.69, 9.17) is 4.74 Å². The molecule has 6 heteroatoms. The standard InChI is InChI=1S/C12H11NO4S/c1-18(15,16)11-6-3-7-13-12(11)17-10-5-2-4-9(14)8-10/h2-8,14H,1H3. The fourth-order valence-electron chi connectivity index (χ4n) is 1.39. The Bertz CT molecular complexity index is 667. The Kier molecular flexibility index (Phi) is 3.20. The first-order chi connectivity index (χ1) is 8.47. The van der Waals surface area contributed by atoms with Gasteiger partial charge in [0, 0.05) is 18.5 Å². The summed E-state index contributed by atoms with van der Waals surface area (Å²) >= 11 is 0. The molecule has 2 aromatic rings. The van der Waals surface area contributed by atoms with Crippen LogP contribution in [0.3, 0.4) is 0 Å². The van der Waals surface area contributed by atoms with Crippen LogP contribution < -0.4 is 4.74 Å². The predicted molar refractivity (Wildman–Crippen MR) is 65.5 cm³/mol. The number of ether oxygens (including phenoxy) is 1. The maximum Gasteiger partial charge on any atom is 0.238 e. The number of nitrogens with zero attached hydrogens (tertiary/aromatic N) is 1. The van der Waals surface area contributed by atoms with E-state index < -0.39 is 9.84 Å². The largest absolute Gasteiger partial charge is 0.508 e. The minimum Gasteiger partial charge on any atom is -0.508 e. The molecule has 2 rings (SSSR count). The molecule has 0 spiro atoms. The number of sulfone groups is 1. The molecule has 94 valence electrons. The lowest BCUT2D eigenvalue weighted by Crippen LogP contribution is -2.01. The Hall–Kier alpha value is -2.08. The molecule has 0 amide bonds. The highest BCUT2D eigenvalue weighted by Crippen LogP contribution is 2.27. The highest BCUT2D eigenvalue weighted by Gasteiger charge is 2.15. The molecule has 0 aliphatic heterocycles. The Morgan fingerprint density at radius 3 is 2.67 bits per heavy atom. The van der Waals surface area contributed by atoms with Crippen molar-refractivity contribution in [2.75, 3.05) is 6.26 Å². The van der Waals surface area contributed by atoms with Crippen LogP contribution in [0.25, 0.3) is 0 Å². The van der Waals surface area contributed by atoms with Gasteiger partial charge in [-0.1, -0.05) is 6.07 Å². The Morgan fingerprint density at radius 2 is 2.00 bits per heavy atom. The number of benzene rings is 1. The van der Waals surface area contributed by atoms with E-state index in [1.54, 1.807) is 12.1 Å². The summed E-state index contributed by atoms with van der Waals surface area (Å²) in [6.45, 7) is 0. The van der Waals surface area contributed by atoms with Crippen molar-refractivity contribution in [1.29, 1.82) is 0 Å². The van der Waals surface area contributed by atoms with E-state index in [1.165, 1.54) is 30.5 Å². The monoisotopic (exact) mass is 265 g/mol. The van der Waals surface area contributed by atoms with Gasteiger partial charge < -0.3 is 9.84 Å². The van der Waals surface area contributed by atoms with Gasteiger partial charge in [0.25, 0.3) is 0 Å². The highest BCUT2D eigenvalue weighted by atomic mass is 32.2. The van der Waals surface area contributed by atoms with Gasteiger partial charge in [0.05, 0.1) is 0 Å². The number of rotatable bonds is 3. The van der Waals surface area contributed by atoms with Crippen molar-refractivity contribution in [2.45, 2.75) is 4.90 Å². The molecule has 0 aliphatic carbocycles. The van der Waals surface area contributed by atoms with E-state index in [-0.39, 0.29) is 16.5 Å². The number of hydrogen-bond acceptors (Lipinski definition) is 5. The van der Waals surface area contributed by atoms with Crippen molar-refractivity contribution in [2.24, 2.45) is 0 Å². The van der Waals surface area contributed by atoms with Crippen LogP contribution in [0.15, 0.2) is 47.5 Å². The maximum absolute atomic E-state index is 11.5. The zero-order chi connectivity index (χ0) is 13.2. The molecule has 0 unspecified atom stereocenters. The smallest absolute Gasteiger partial charge is 0.238 e. The van der Waals surface area contributed by atoms with Crippen LogP contribution in [-0.2, 0) is 9.84 Å². The molecule has 0 saturated carbocycles. The van der Waals surface area contributed by atoms with Crippen LogP contribution in [0.2, 0.25) is 0 Å². The minimum absolute atomic E-state index is 0.00772. The Labute approximate surface area is 105 Å². The summed E-state index contributed by atoms with van der Waals surface area (Å²) in [6, 6.07) is 8.99. The summed E-state index contributed by atoms with van der Waals surface area (Å²) in [4.78, 5) is 3.89. The lowest BCUT2D eigenvalue weighted by molar-refractivity contribution is 0.435. The van der Waals surface area contributed by atoms with Crippen molar-refractivity contribution < 1.29 is 18.3 Å². The first-order valence-corrected chi connectivity index (χ1v) is 6.98. The first-order valence-electron chi connectivity index (χ1n) is 5.09. The molecule has 0 saturated heterocycles. The number of hydrogen-bond donors (Lipinski definition) is 1. The topological polar surface area (TPSA) is 76.5 Å². The SMILES string of the molecule is CS(=O)(=O)c1cccnc1Oc1cccc(O)c1. The summed E-state index contributed by atoms with van der Waals surface area (Å²) < 4.78 is 28.4. The third-order valence-electron chi connectivity index (χ3n) is 2.17. The maximum atomic E-state index is 11.5. The average molecular weight is 265 g/mol. The summed E-state index contributed by atoms with van der Waals surface area (Å²) in [5, 5.41) is 9.30. The van der Waals surface area contributed by atoms with Gasteiger partial charge in [0.1, 0.15) is 16.4 Å². The number of aromatic nitrogens is 1. The van der Waals surface area contributed by atoms with Gasteiger partial charge >= 0.3 is 0 Å². The van der Waals surface area contributed by atoms with Gasteiger partial charge in [-0.05, 0) is 24.3 Å². The number of aromatic hydroxyl groups is 1. The molecule has 0 fully saturated rings. The van der Waals surface area contributed by atoms with Crippen molar-refractivity contribution in [3.63, 3.8) is 0 Å². The van der Waals surface area contributed by atoms with Crippen LogP contribution >= 0.6 is 0 Å². The van der Waals surface area contributed by atoms with Gasteiger partial charge in [0.2, 0.25) is 5.88 Å². The van der Waals surface area contributed by atoms with E-state index in [0.717, 1.165) is 6.26 Å². The van der Waals surface area contributed by atoms with Gasteiger partial charge in [-0.2, -0.15) is 0 Å². The second-order valence-corrected chi connectivity index (χ2v) is 5.66. The molecule has 0 radical (unpaired) electrons. The lowest BCUT2D eigenvalue weighted by atomic mass is 10.3. The highest BCUT2D eigenvalue weighted by molar-refractivity contribution is 7.90. The normalized spacial score (nSPS) is 11.2. The van der Waals surface area contributed by atoms with Crippen LogP contribution in [0.1, 0.15) is 0 Å². The van der Waals surface area contributed by atoms with Crippen LogP contribution in [0.4, 0.5) is 0 Å². The van der Waals surface area contributed by atoms with Crippen LogP contribution in [0.5, 0.6) is 17.4 Å². The van der Waals surface area contributed by atoms with Gasteiger partial charge in [0.15, 0.2) is 9.84 Å². The zero-order valence-corrected chi connectivity index (χ0v) is 10.4. The van der Waals surface area contributed by atoms with E-state index in [2.05, 4.69) is 4.98 Å². The van der Waals surface area contributed by atoms with E-state index >= 15 is 0 Å². The zero-order valence-electron chi connectivity index (χ0n) is 9.57. The van der Waals surface area contributed by atoms with Crippen molar-refractivity contribution in [3.05, 3.63) is 42.6 Å². The summed E-state index contributed by atoms with van der Waals surface area (Å²) in [7, 11) is -3.41. The third kappa shape index (κ3) is 2.78. The molecule has 1 N–H and O–H groups in total. The van der Waals surface area contributed by atoms with Crippen LogP contribution in [0, 0.1) is 0 Å². The molecule has 1 aromatic carbocycles. The molecule has 1 heterocycles. The van der Waals surface area contributed by atoms with Gasteiger partial charge in [-0.15, -0.1) is 0 Å².